The van der Waals surface area contributed by atoms with Gasteiger partial charge in [0.2, 0.25) is 0 Å². The van der Waals surface area contributed by atoms with Crippen LogP contribution in [0.15, 0.2) is 18.2 Å². The summed E-state index contributed by atoms with van der Waals surface area (Å²) < 4.78 is 4.98. The van der Waals surface area contributed by atoms with E-state index in [4.69, 9.17) is 14.9 Å². The molecule has 7 heteroatoms. The van der Waals surface area contributed by atoms with Crippen LogP contribution in [0.1, 0.15) is 10.4 Å². The molecule has 1 aromatic carbocycles. The highest BCUT2D eigenvalue weighted by Crippen LogP contribution is 2.27. The van der Waals surface area contributed by atoms with Crippen molar-refractivity contribution in [3.63, 3.8) is 0 Å². The monoisotopic (exact) mass is 241 g/mol. The van der Waals surface area contributed by atoms with Crippen molar-refractivity contribution < 1.29 is 24.7 Å². The molecule has 0 saturated carbocycles. The number of aldehydes is 1. The molecule has 0 aliphatic rings. The second-order valence-electron chi connectivity index (χ2n) is 3.25. The SMILES string of the molecule is O=Cc1ccc(OCC(O)CO)c([N+](=O)[O-])c1. The molecule has 1 aromatic rings. The summed E-state index contributed by atoms with van der Waals surface area (Å²) in [6.07, 6.45) is -0.625. The lowest BCUT2D eigenvalue weighted by atomic mass is 10.2. The van der Waals surface area contributed by atoms with Crippen LogP contribution in [0.4, 0.5) is 5.69 Å². The zero-order chi connectivity index (χ0) is 12.8. The van der Waals surface area contributed by atoms with Gasteiger partial charge in [-0.3, -0.25) is 14.9 Å². The second-order valence-corrected chi connectivity index (χ2v) is 3.25. The van der Waals surface area contributed by atoms with Crippen LogP contribution < -0.4 is 4.74 Å². The predicted molar refractivity (Wildman–Crippen MR) is 57.1 cm³/mol. The number of nitrogens with zero attached hydrogens (tertiary/aromatic N) is 1. The largest absolute Gasteiger partial charge is 0.484 e. The number of ether oxygens (including phenoxy) is 1. The van der Waals surface area contributed by atoms with E-state index < -0.39 is 17.6 Å². The number of hydrogen-bond acceptors (Lipinski definition) is 6. The fourth-order valence-corrected chi connectivity index (χ4v) is 1.11. The molecule has 0 radical (unpaired) electrons. The Kier molecular flexibility index (Phi) is 4.56. The first kappa shape index (κ1) is 13.1. The van der Waals surface area contributed by atoms with Crippen LogP contribution in [0.5, 0.6) is 5.75 Å². The lowest BCUT2D eigenvalue weighted by Crippen LogP contribution is -2.21. The minimum atomic E-state index is -1.11. The van der Waals surface area contributed by atoms with Gasteiger partial charge < -0.3 is 14.9 Å². The Morgan fingerprint density at radius 1 is 1.53 bits per heavy atom. The molecule has 0 aromatic heterocycles. The summed E-state index contributed by atoms with van der Waals surface area (Å²) in [5.74, 6) is -0.0619. The highest BCUT2D eigenvalue weighted by Gasteiger charge is 2.16. The average molecular weight is 241 g/mol. The van der Waals surface area contributed by atoms with Gasteiger partial charge in [0.15, 0.2) is 5.75 Å². The summed E-state index contributed by atoms with van der Waals surface area (Å²) in [5.41, 5.74) is -0.202. The van der Waals surface area contributed by atoms with Crippen LogP contribution in [0.2, 0.25) is 0 Å². The maximum absolute atomic E-state index is 10.7. The third-order valence-electron chi connectivity index (χ3n) is 1.96. The maximum Gasteiger partial charge on any atom is 0.311 e. The van der Waals surface area contributed by atoms with Crippen LogP contribution in [0, 0.1) is 10.1 Å². The number of nitro groups is 1. The van der Waals surface area contributed by atoms with E-state index >= 15 is 0 Å². The van der Waals surface area contributed by atoms with E-state index in [1.165, 1.54) is 12.1 Å². The lowest BCUT2D eigenvalue weighted by molar-refractivity contribution is -0.385. The molecule has 2 N–H and O–H groups in total. The summed E-state index contributed by atoms with van der Waals surface area (Å²) in [4.78, 5) is 20.5. The van der Waals surface area contributed by atoms with Crippen molar-refractivity contribution in [1.29, 1.82) is 0 Å². The number of aliphatic hydroxyl groups is 2. The van der Waals surface area contributed by atoms with Crippen LogP contribution >= 0.6 is 0 Å². The van der Waals surface area contributed by atoms with E-state index in [0.29, 0.717) is 6.29 Å². The fourth-order valence-electron chi connectivity index (χ4n) is 1.11. The Bertz CT molecular complexity index is 419. The van der Waals surface area contributed by atoms with Gasteiger partial charge in [0.05, 0.1) is 11.5 Å². The van der Waals surface area contributed by atoms with Crippen molar-refractivity contribution in [1.82, 2.24) is 0 Å². The first-order valence-corrected chi connectivity index (χ1v) is 4.73. The van der Waals surface area contributed by atoms with Gasteiger partial charge in [-0.1, -0.05) is 0 Å². The molecular weight excluding hydrogens is 230 g/mol. The summed E-state index contributed by atoms with van der Waals surface area (Å²) in [7, 11) is 0. The van der Waals surface area contributed by atoms with Gasteiger partial charge in [0, 0.05) is 11.6 Å². The van der Waals surface area contributed by atoms with Gasteiger partial charge in [-0.2, -0.15) is 0 Å². The molecule has 0 fully saturated rings. The first-order valence-electron chi connectivity index (χ1n) is 4.73. The van der Waals surface area contributed by atoms with Crippen molar-refractivity contribution in [3.05, 3.63) is 33.9 Å². The molecule has 0 heterocycles. The fraction of sp³-hybridized carbons (Fsp3) is 0.300. The highest BCUT2D eigenvalue weighted by atomic mass is 16.6. The molecule has 0 aliphatic heterocycles. The zero-order valence-corrected chi connectivity index (χ0v) is 8.78. The molecule has 0 bridgehead atoms. The number of benzene rings is 1. The number of hydrogen-bond donors (Lipinski definition) is 2. The Balaban J connectivity index is 2.90. The third-order valence-corrected chi connectivity index (χ3v) is 1.96. The zero-order valence-electron chi connectivity index (χ0n) is 8.78. The molecule has 17 heavy (non-hydrogen) atoms. The average Bonchev–Trinajstić information content (AvgIpc) is 2.35. The summed E-state index contributed by atoms with van der Waals surface area (Å²) in [6.45, 7) is -0.766. The summed E-state index contributed by atoms with van der Waals surface area (Å²) in [6, 6.07) is 3.71. The van der Waals surface area contributed by atoms with E-state index in [0.717, 1.165) is 6.07 Å². The second kappa shape index (κ2) is 5.92. The van der Waals surface area contributed by atoms with Crippen molar-refractivity contribution in [2.24, 2.45) is 0 Å². The van der Waals surface area contributed by atoms with Crippen LogP contribution in [-0.4, -0.2) is 40.7 Å². The molecule has 0 spiro atoms. The van der Waals surface area contributed by atoms with Crippen molar-refractivity contribution in [2.45, 2.75) is 6.10 Å². The van der Waals surface area contributed by atoms with Crippen LogP contribution in [0.25, 0.3) is 0 Å². The summed E-state index contributed by atoms with van der Waals surface area (Å²) in [5, 5.41) is 28.3. The molecule has 0 saturated heterocycles. The number of carbonyl (C=O) groups excluding carboxylic acids is 1. The van der Waals surface area contributed by atoms with Crippen LogP contribution in [-0.2, 0) is 0 Å². The van der Waals surface area contributed by atoms with E-state index in [-0.39, 0.29) is 23.6 Å². The third kappa shape index (κ3) is 3.51. The Hall–Kier alpha value is -1.99. The molecule has 0 amide bonds. The van der Waals surface area contributed by atoms with Crippen LogP contribution in [0.3, 0.4) is 0 Å². The molecule has 1 unspecified atom stereocenters. The minimum absolute atomic E-state index is 0.0619. The van der Waals surface area contributed by atoms with E-state index in [1.807, 2.05) is 0 Å². The molecular formula is C10H11NO6. The molecule has 92 valence electrons. The Morgan fingerprint density at radius 2 is 2.24 bits per heavy atom. The van der Waals surface area contributed by atoms with E-state index in [9.17, 15) is 14.9 Å². The maximum atomic E-state index is 10.7. The molecule has 1 rings (SSSR count). The van der Waals surface area contributed by atoms with Gasteiger partial charge in [-0.15, -0.1) is 0 Å². The molecule has 1 atom stereocenters. The topological polar surface area (TPSA) is 110 Å². The van der Waals surface area contributed by atoms with Gasteiger partial charge >= 0.3 is 5.69 Å². The van der Waals surface area contributed by atoms with Gasteiger partial charge in [-0.25, -0.2) is 0 Å². The highest BCUT2D eigenvalue weighted by molar-refractivity contribution is 5.77. The number of aliphatic hydroxyl groups excluding tert-OH is 2. The molecule has 0 aliphatic carbocycles. The number of rotatable bonds is 6. The van der Waals surface area contributed by atoms with Gasteiger partial charge in [0.1, 0.15) is 19.0 Å². The summed E-state index contributed by atoms with van der Waals surface area (Å²) >= 11 is 0. The quantitative estimate of drug-likeness (QED) is 0.416. The van der Waals surface area contributed by atoms with Gasteiger partial charge in [0.25, 0.3) is 0 Å². The van der Waals surface area contributed by atoms with Crippen molar-refractivity contribution in [2.75, 3.05) is 13.2 Å². The standard InChI is InChI=1S/C10H11NO6/c12-4-7-1-2-10(9(3-7)11(15)16)17-6-8(14)5-13/h1-4,8,13-14H,5-6H2. The van der Waals surface area contributed by atoms with Crippen molar-refractivity contribution >= 4 is 12.0 Å². The number of nitro benzene ring substituents is 1. The Morgan fingerprint density at radius 3 is 2.76 bits per heavy atom. The molecule has 7 nitrogen and oxygen atoms in total. The van der Waals surface area contributed by atoms with E-state index in [1.54, 1.807) is 0 Å². The van der Waals surface area contributed by atoms with Gasteiger partial charge in [-0.05, 0) is 12.1 Å². The smallest absolute Gasteiger partial charge is 0.311 e. The van der Waals surface area contributed by atoms with E-state index in [2.05, 4.69) is 0 Å². The predicted octanol–water partition coefficient (Wildman–Crippen LogP) is 0.139. The lowest BCUT2D eigenvalue weighted by Gasteiger charge is -2.09. The Labute approximate surface area is 96.4 Å². The minimum Gasteiger partial charge on any atom is -0.484 e. The van der Waals surface area contributed by atoms with Crippen molar-refractivity contribution in [3.8, 4) is 5.75 Å². The number of carbonyl (C=O) groups is 1. The normalized spacial score (nSPS) is 11.9. The first-order chi connectivity index (χ1) is 8.08.